The fourth-order valence-electron chi connectivity index (χ4n) is 4.32. The van der Waals surface area contributed by atoms with Crippen LogP contribution < -0.4 is 9.47 Å². The third-order valence-corrected chi connectivity index (χ3v) is 6.15. The number of benzene rings is 3. The molecule has 0 spiro atoms. The smallest absolute Gasteiger partial charge is 0.295 e. The summed E-state index contributed by atoms with van der Waals surface area (Å²) in [4.78, 5) is 29.9. The lowest BCUT2D eigenvalue weighted by molar-refractivity contribution is -0.140. The van der Waals surface area contributed by atoms with Crippen LogP contribution in [0.25, 0.3) is 5.76 Å². The van der Waals surface area contributed by atoms with Gasteiger partial charge in [0.05, 0.1) is 18.7 Å². The van der Waals surface area contributed by atoms with Crippen molar-refractivity contribution >= 4 is 17.4 Å². The van der Waals surface area contributed by atoms with Gasteiger partial charge in [0.15, 0.2) is 0 Å². The lowest BCUT2D eigenvalue weighted by atomic mass is 9.94. The van der Waals surface area contributed by atoms with Gasteiger partial charge in [-0.3, -0.25) is 9.59 Å². The van der Waals surface area contributed by atoms with Crippen LogP contribution in [0.15, 0.2) is 78.4 Å². The zero-order chi connectivity index (χ0) is 25.8. The Morgan fingerprint density at radius 3 is 2.36 bits per heavy atom. The maximum Gasteiger partial charge on any atom is 0.295 e. The molecule has 0 radical (unpaired) electrons. The Hall–Kier alpha value is -4.10. The highest BCUT2D eigenvalue weighted by atomic mass is 16.5. The van der Waals surface area contributed by atoms with Gasteiger partial charge < -0.3 is 24.4 Å². The van der Waals surface area contributed by atoms with E-state index in [9.17, 15) is 14.7 Å². The van der Waals surface area contributed by atoms with Gasteiger partial charge in [-0.2, -0.15) is 0 Å². The zero-order valence-corrected chi connectivity index (χ0v) is 20.9. The number of carbonyl (C=O) groups is 2. The van der Waals surface area contributed by atoms with Gasteiger partial charge in [-0.1, -0.05) is 30.3 Å². The Bertz CT molecular complexity index is 1300. The molecule has 0 aromatic heterocycles. The topological polar surface area (TPSA) is 79.3 Å². The molecule has 186 valence electrons. The fraction of sp³-hybridized carbons (Fsp3) is 0.241. The van der Waals surface area contributed by atoms with Crippen LogP contribution in [0.4, 0.5) is 0 Å². The van der Waals surface area contributed by atoms with E-state index < -0.39 is 17.7 Å². The molecule has 1 fully saturated rings. The lowest BCUT2D eigenvalue weighted by Crippen LogP contribution is -2.35. The second-order valence-corrected chi connectivity index (χ2v) is 8.97. The van der Waals surface area contributed by atoms with Gasteiger partial charge in [-0.05, 0) is 74.6 Å². The average molecular weight is 487 g/mol. The number of likely N-dealkylation sites (tertiary alicyclic amines) is 1. The first kappa shape index (κ1) is 25.0. The SMILES string of the molecule is COc1ccc(C(O)=C2C(=O)C(=O)N(CCN(C)C)[C@@H]2c2cccc(Oc3ccccc3)c2)cc1C. The van der Waals surface area contributed by atoms with E-state index >= 15 is 0 Å². The Morgan fingerprint density at radius 1 is 0.972 bits per heavy atom. The summed E-state index contributed by atoms with van der Waals surface area (Å²) in [6.45, 7) is 2.74. The number of likely N-dealkylation sites (N-methyl/N-ethyl adjacent to an activating group) is 1. The summed E-state index contributed by atoms with van der Waals surface area (Å²) in [6, 6.07) is 21.0. The van der Waals surface area contributed by atoms with Crippen molar-refractivity contribution in [1.29, 1.82) is 0 Å². The minimum absolute atomic E-state index is 0.0557. The molecule has 4 rings (SSSR count). The molecule has 1 atom stereocenters. The number of methoxy groups -OCH3 is 1. The number of carbonyl (C=O) groups excluding carboxylic acids is 2. The predicted octanol–water partition coefficient (Wildman–Crippen LogP) is 4.78. The van der Waals surface area contributed by atoms with Crippen LogP contribution in [-0.4, -0.2) is 60.9 Å². The number of rotatable bonds is 8. The molecule has 1 aliphatic rings. The molecule has 7 heteroatoms. The molecule has 3 aromatic carbocycles. The van der Waals surface area contributed by atoms with Gasteiger partial charge >= 0.3 is 0 Å². The van der Waals surface area contributed by atoms with Crippen molar-refractivity contribution in [2.45, 2.75) is 13.0 Å². The Kier molecular flexibility index (Phi) is 7.41. The van der Waals surface area contributed by atoms with Crippen LogP contribution in [0.2, 0.25) is 0 Å². The molecule has 3 aromatic rings. The van der Waals surface area contributed by atoms with Gasteiger partial charge in [0, 0.05) is 18.7 Å². The first-order valence-electron chi connectivity index (χ1n) is 11.7. The second kappa shape index (κ2) is 10.7. The number of hydrogen-bond donors (Lipinski definition) is 1. The third-order valence-electron chi connectivity index (χ3n) is 6.15. The average Bonchev–Trinajstić information content (AvgIpc) is 3.12. The van der Waals surface area contributed by atoms with Gasteiger partial charge in [-0.15, -0.1) is 0 Å². The number of ether oxygens (including phenoxy) is 2. The van der Waals surface area contributed by atoms with Crippen LogP contribution in [-0.2, 0) is 9.59 Å². The van der Waals surface area contributed by atoms with Crippen LogP contribution in [0, 0.1) is 6.92 Å². The Balaban J connectivity index is 1.81. The van der Waals surface area contributed by atoms with E-state index in [1.54, 1.807) is 31.4 Å². The van der Waals surface area contributed by atoms with Crippen LogP contribution in [0.1, 0.15) is 22.7 Å². The molecule has 1 amide bonds. The summed E-state index contributed by atoms with van der Waals surface area (Å²) in [5.41, 5.74) is 1.98. The van der Waals surface area contributed by atoms with Crippen molar-refractivity contribution in [2.75, 3.05) is 34.3 Å². The molecule has 0 unspecified atom stereocenters. The predicted molar refractivity (Wildman–Crippen MR) is 138 cm³/mol. The molecular weight excluding hydrogens is 456 g/mol. The number of para-hydroxylation sites is 1. The van der Waals surface area contributed by atoms with E-state index in [4.69, 9.17) is 9.47 Å². The van der Waals surface area contributed by atoms with Crippen molar-refractivity contribution in [3.05, 3.63) is 95.1 Å². The normalized spacial score (nSPS) is 17.0. The summed E-state index contributed by atoms with van der Waals surface area (Å²) in [5.74, 6) is 0.343. The van der Waals surface area contributed by atoms with E-state index in [1.165, 1.54) is 4.90 Å². The van der Waals surface area contributed by atoms with E-state index in [2.05, 4.69) is 0 Å². The molecule has 1 saturated heterocycles. The van der Waals surface area contributed by atoms with Crippen molar-refractivity contribution < 1.29 is 24.2 Å². The largest absolute Gasteiger partial charge is 0.507 e. The highest BCUT2D eigenvalue weighted by Gasteiger charge is 2.46. The second-order valence-electron chi connectivity index (χ2n) is 8.97. The van der Waals surface area contributed by atoms with Crippen molar-refractivity contribution in [3.63, 3.8) is 0 Å². The Labute approximate surface area is 211 Å². The quantitative estimate of drug-likeness (QED) is 0.281. The first-order valence-corrected chi connectivity index (χ1v) is 11.7. The van der Waals surface area contributed by atoms with Gasteiger partial charge in [-0.25, -0.2) is 0 Å². The lowest BCUT2D eigenvalue weighted by Gasteiger charge is -2.27. The monoisotopic (exact) mass is 486 g/mol. The van der Waals surface area contributed by atoms with Crippen LogP contribution in [0.5, 0.6) is 17.2 Å². The van der Waals surface area contributed by atoms with Crippen LogP contribution in [0.3, 0.4) is 0 Å². The maximum atomic E-state index is 13.3. The number of aliphatic hydroxyl groups is 1. The van der Waals surface area contributed by atoms with Gasteiger partial charge in [0.2, 0.25) is 0 Å². The number of Topliss-reactive ketones (excluding diaryl/α,β-unsaturated/α-hetero) is 1. The highest BCUT2D eigenvalue weighted by Crippen LogP contribution is 2.41. The maximum absolute atomic E-state index is 13.3. The fourth-order valence-corrected chi connectivity index (χ4v) is 4.32. The third kappa shape index (κ3) is 5.11. The molecule has 0 bridgehead atoms. The minimum Gasteiger partial charge on any atom is -0.507 e. The summed E-state index contributed by atoms with van der Waals surface area (Å²) < 4.78 is 11.3. The van der Waals surface area contributed by atoms with E-state index in [0.717, 1.165) is 5.56 Å². The standard InChI is InChI=1S/C29H30N2O5/c1-19-17-21(13-14-24(19)35-4)27(32)25-26(31(16-15-30(2)3)29(34)28(25)33)20-9-8-12-23(18-20)36-22-10-6-5-7-11-22/h5-14,17-18,26,32H,15-16H2,1-4H3/t26-/m1/s1. The summed E-state index contributed by atoms with van der Waals surface area (Å²) in [7, 11) is 5.38. The number of amides is 1. The number of aliphatic hydroxyl groups excluding tert-OH is 1. The first-order chi connectivity index (χ1) is 17.3. The van der Waals surface area contributed by atoms with Gasteiger partial charge in [0.25, 0.3) is 11.7 Å². The number of ketones is 1. The van der Waals surface area contributed by atoms with Crippen LogP contribution >= 0.6 is 0 Å². The molecule has 0 aliphatic carbocycles. The number of hydrogen-bond acceptors (Lipinski definition) is 6. The van der Waals surface area contributed by atoms with Gasteiger partial charge in [0.1, 0.15) is 23.0 Å². The molecule has 7 nitrogen and oxygen atoms in total. The molecule has 1 N–H and O–H groups in total. The van der Waals surface area contributed by atoms with E-state index in [1.807, 2.05) is 74.4 Å². The molecule has 36 heavy (non-hydrogen) atoms. The molecule has 1 heterocycles. The molecule has 1 aliphatic heterocycles. The van der Waals surface area contributed by atoms with E-state index in [-0.39, 0.29) is 11.3 Å². The van der Waals surface area contributed by atoms with Crippen molar-refractivity contribution in [3.8, 4) is 17.2 Å². The minimum atomic E-state index is -0.758. The zero-order valence-electron chi connectivity index (χ0n) is 20.9. The summed E-state index contributed by atoms with van der Waals surface area (Å²) >= 11 is 0. The van der Waals surface area contributed by atoms with E-state index in [0.29, 0.717) is 41.5 Å². The number of nitrogens with zero attached hydrogens (tertiary/aromatic N) is 2. The highest BCUT2D eigenvalue weighted by molar-refractivity contribution is 6.46. The molecule has 0 saturated carbocycles. The van der Waals surface area contributed by atoms with Crippen molar-refractivity contribution in [1.82, 2.24) is 9.80 Å². The molecular formula is C29H30N2O5. The summed E-state index contributed by atoms with van der Waals surface area (Å²) in [6.07, 6.45) is 0. The van der Waals surface area contributed by atoms with Crippen molar-refractivity contribution in [2.24, 2.45) is 0 Å². The Morgan fingerprint density at radius 2 is 1.69 bits per heavy atom. The summed E-state index contributed by atoms with van der Waals surface area (Å²) in [5, 5.41) is 11.3. The number of aryl methyl sites for hydroxylation is 1.